The minimum absolute atomic E-state index is 0.321. The van der Waals surface area contributed by atoms with Crippen LogP contribution in [0.25, 0.3) is 0 Å². The fourth-order valence-electron chi connectivity index (χ4n) is 1.95. The fourth-order valence-corrected chi connectivity index (χ4v) is 1.95. The molecule has 0 radical (unpaired) electrons. The van der Waals surface area contributed by atoms with Gasteiger partial charge in [-0.2, -0.15) is 0 Å². The summed E-state index contributed by atoms with van der Waals surface area (Å²) in [6, 6.07) is 13.0. The first-order chi connectivity index (χ1) is 9.74. The van der Waals surface area contributed by atoms with Crippen molar-refractivity contribution in [3.8, 4) is 5.88 Å². The summed E-state index contributed by atoms with van der Waals surface area (Å²) in [4.78, 5) is 14.8. The number of benzene rings is 1. The molecule has 1 aliphatic heterocycles. The zero-order valence-electron chi connectivity index (χ0n) is 10.6. The van der Waals surface area contributed by atoms with Crippen molar-refractivity contribution in [2.24, 2.45) is 0 Å². The Morgan fingerprint density at radius 2 is 2.05 bits per heavy atom. The summed E-state index contributed by atoms with van der Waals surface area (Å²) in [5.74, 6) is -0.342. The Balaban J connectivity index is 1.58. The van der Waals surface area contributed by atoms with Gasteiger partial charge >= 0.3 is 5.97 Å². The third-order valence-corrected chi connectivity index (χ3v) is 3.07. The number of aliphatic carboxylic acids is 1. The van der Waals surface area contributed by atoms with Crippen molar-refractivity contribution in [1.29, 1.82) is 0 Å². The Labute approximate surface area is 115 Å². The third kappa shape index (κ3) is 2.78. The highest BCUT2D eigenvalue weighted by molar-refractivity contribution is 5.76. The van der Waals surface area contributed by atoms with Crippen LogP contribution in [0.5, 0.6) is 5.88 Å². The number of nitrogens with zero attached hydrogens (tertiary/aromatic N) is 1. The highest BCUT2D eigenvalue weighted by Gasteiger charge is 2.46. The van der Waals surface area contributed by atoms with Gasteiger partial charge in [0, 0.05) is 12.3 Å². The maximum absolute atomic E-state index is 10.7. The lowest BCUT2D eigenvalue weighted by Gasteiger charge is -2.05. The number of pyridine rings is 1. The van der Waals surface area contributed by atoms with Gasteiger partial charge in [0.1, 0.15) is 12.7 Å². The van der Waals surface area contributed by atoms with Gasteiger partial charge in [0.2, 0.25) is 5.88 Å². The van der Waals surface area contributed by atoms with Crippen molar-refractivity contribution in [3.05, 3.63) is 59.8 Å². The number of hydrogen-bond acceptors (Lipinski definition) is 4. The molecule has 2 heterocycles. The molecule has 1 aromatic carbocycles. The second-order valence-electron chi connectivity index (χ2n) is 4.51. The van der Waals surface area contributed by atoms with E-state index in [1.807, 2.05) is 36.4 Å². The fraction of sp³-hybridized carbons (Fsp3) is 0.200. The molecule has 0 unspecified atom stereocenters. The van der Waals surface area contributed by atoms with E-state index < -0.39 is 12.1 Å². The van der Waals surface area contributed by atoms with Gasteiger partial charge in [-0.25, -0.2) is 9.78 Å². The minimum Gasteiger partial charge on any atom is -0.479 e. The first kappa shape index (κ1) is 12.6. The van der Waals surface area contributed by atoms with Gasteiger partial charge in [-0.3, -0.25) is 0 Å². The molecule has 20 heavy (non-hydrogen) atoms. The Morgan fingerprint density at radius 3 is 2.65 bits per heavy atom. The smallest absolute Gasteiger partial charge is 0.335 e. The molecule has 0 spiro atoms. The second kappa shape index (κ2) is 5.30. The quantitative estimate of drug-likeness (QED) is 0.844. The van der Waals surface area contributed by atoms with Crippen LogP contribution in [0, 0.1) is 0 Å². The summed E-state index contributed by atoms with van der Waals surface area (Å²) >= 11 is 0. The summed E-state index contributed by atoms with van der Waals surface area (Å²) < 4.78 is 10.6. The first-order valence-corrected chi connectivity index (χ1v) is 6.25. The highest BCUT2D eigenvalue weighted by atomic mass is 16.6. The van der Waals surface area contributed by atoms with Gasteiger partial charge in [-0.15, -0.1) is 0 Å². The molecule has 1 aliphatic rings. The normalized spacial score (nSPS) is 20.4. The average Bonchev–Trinajstić information content (AvgIpc) is 3.27. The van der Waals surface area contributed by atoms with Gasteiger partial charge < -0.3 is 14.6 Å². The number of ether oxygens (including phenoxy) is 2. The van der Waals surface area contributed by atoms with Crippen LogP contribution in [-0.2, 0) is 16.1 Å². The lowest BCUT2D eigenvalue weighted by molar-refractivity contribution is -0.138. The van der Waals surface area contributed by atoms with Gasteiger partial charge in [-0.1, -0.05) is 30.3 Å². The average molecular weight is 271 g/mol. The minimum atomic E-state index is -0.919. The molecule has 1 saturated heterocycles. The Hall–Kier alpha value is -2.40. The molecular formula is C15H13NO4. The Bertz CT molecular complexity index is 597. The van der Waals surface area contributed by atoms with E-state index in [0.29, 0.717) is 12.5 Å². The van der Waals surface area contributed by atoms with E-state index in [2.05, 4.69) is 4.98 Å². The molecule has 1 fully saturated rings. The van der Waals surface area contributed by atoms with Crippen molar-refractivity contribution < 1.29 is 19.4 Å². The van der Waals surface area contributed by atoms with E-state index in [-0.39, 0.29) is 6.10 Å². The summed E-state index contributed by atoms with van der Waals surface area (Å²) in [7, 11) is 0. The molecule has 0 aliphatic carbocycles. The SMILES string of the molecule is O=C(O)[C@@H]1O[C@@H]1c1ccc(COc2ccccn2)cc1. The first-order valence-electron chi connectivity index (χ1n) is 6.25. The van der Waals surface area contributed by atoms with Gasteiger partial charge in [-0.05, 0) is 17.2 Å². The van der Waals surface area contributed by atoms with Crippen molar-refractivity contribution in [1.82, 2.24) is 4.98 Å². The monoisotopic (exact) mass is 271 g/mol. The summed E-state index contributed by atoms with van der Waals surface area (Å²) in [5, 5.41) is 8.80. The molecule has 0 bridgehead atoms. The third-order valence-electron chi connectivity index (χ3n) is 3.07. The van der Waals surface area contributed by atoms with E-state index in [4.69, 9.17) is 14.6 Å². The van der Waals surface area contributed by atoms with E-state index in [1.54, 1.807) is 12.3 Å². The number of rotatable bonds is 5. The lowest BCUT2D eigenvalue weighted by Crippen LogP contribution is -2.05. The van der Waals surface area contributed by atoms with E-state index in [1.165, 1.54) is 0 Å². The number of carbonyl (C=O) groups is 1. The molecule has 1 aromatic heterocycles. The number of carboxylic acids is 1. The standard InChI is InChI=1S/C15H13NO4/c17-15(18)14-13(20-14)11-6-4-10(5-7-11)9-19-12-3-1-2-8-16-12/h1-8,13-14H,9H2,(H,17,18)/t13-,14-/m1/s1. The highest BCUT2D eigenvalue weighted by Crippen LogP contribution is 2.38. The van der Waals surface area contributed by atoms with Crippen LogP contribution in [0.3, 0.4) is 0 Å². The lowest BCUT2D eigenvalue weighted by atomic mass is 10.1. The zero-order valence-corrected chi connectivity index (χ0v) is 10.6. The summed E-state index contributed by atoms with van der Waals surface area (Å²) in [6.07, 6.45) is 0.651. The van der Waals surface area contributed by atoms with Crippen molar-refractivity contribution in [2.45, 2.75) is 18.8 Å². The molecule has 5 nitrogen and oxygen atoms in total. The molecule has 0 amide bonds. The largest absolute Gasteiger partial charge is 0.479 e. The number of hydrogen-bond donors (Lipinski definition) is 1. The van der Waals surface area contributed by atoms with Crippen LogP contribution in [0.2, 0.25) is 0 Å². The maximum atomic E-state index is 10.7. The van der Waals surface area contributed by atoms with Crippen LogP contribution in [0.4, 0.5) is 0 Å². The molecule has 3 rings (SSSR count). The predicted octanol–water partition coefficient (Wildman–Crippen LogP) is 2.19. The van der Waals surface area contributed by atoms with Gasteiger partial charge in [0.25, 0.3) is 0 Å². The number of epoxide rings is 1. The van der Waals surface area contributed by atoms with Gasteiger partial charge in [0.15, 0.2) is 6.10 Å². The molecule has 1 N–H and O–H groups in total. The number of aromatic nitrogens is 1. The van der Waals surface area contributed by atoms with Crippen LogP contribution in [0.1, 0.15) is 17.2 Å². The van der Waals surface area contributed by atoms with Crippen molar-refractivity contribution >= 4 is 5.97 Å². The summed E-state index contributed by atoms with van der Waals surface area (Å²) in [6.45, 7) is 0.422. The molecular weight excluding hydrogens is 258 g/mol. The Morgan fingerprint density at radius 1 is 1.25 bits per heavy atom. The molecule has 102 valence electrons. The van der Waals surface area contributed by atoms with Crippen LogP contribution in [0.15, 0.2) is 48.7 Å². The predicted molar refractivity (Wildman–Crippen MR) is 70.3 cm³/mol. The molecule has 2 atom stereocenters. The topological polar surface area (TPSA) is 72.0 Å². The second-order valence-corrected chi connectivity index (χ2v) is 4.51. The number of carboxylic acid groups (broad SMARTS) is 1. The van der Waals surface area contributed by atoms with Crippen LogP contribution in [-0.4, -0.2) is 22.2 Å². The van der Waals surface area contributed by atoms with Crippen molar-refractivity contribution in [2.75, 3.05) is 0 Å². The van der Waals surface area contributed by atoms with E-state index >= 15 is 0 Å². The molecule has 2 aromatic rings. The van der Waals surface area contributed by atoms with Crippen LogP contribution < -0.4 is 4.74 Å². The van der Waals surface area contributed by atoms with Crippen LogP contribution >= 0.6 is 0 Å². The zero-order chi connectivity index (χ0) is 13.9. The summed E-state index contributed by atoms with van der Waals surface area (Å²) in [5.41, 5.74) is 1.87. The maximum Gasteiger partial charge on any atom is 0.335 e. The van der Waals surface area contributed by atoms with E-state index in [0.717, 1.165) is 11.1 Å². The van der Waals surface area contributed by atoms with Gasteiger partial charge in [0.05, 0.1) is 0 Å². The Kier molecular flexibility index (Phi) is 3.35. The van der Waals surface area contributed by atoms with E-state index in [9.17, 15) is 4.79 Å². The molecule has 5 heteroatoms. The molecule has 0 saturated carbocycles. The van der Waals surface area contributed by atoms with Crippen molar-refractivity contribution in [3.63, 3.8) is 0 Å².